The number of rotatable bonds is 15. The highest BCUT2D eigenvalue weighted by atomic mass is 32.2. The predicted octanol–water partition coefficient (Wildman–Crippen LogP) is 5.31. The van der Waals surface area contributed by atoms with Gasteiger partial charge in [-0.3, -0.25) is 13.9 Å². The van der Waals surface area contributed by atoms with Crippen LogP contribution in [0.4, 0.5) is 5.69 Å². The molecule has 0 saturated carbocycles. The van der Waals surface area contributed by atoms with E-state index in [0.29, 0.717) is 18.0 Å². The van der Waals surface area contributed by atoms with Gasteiger partial charge in [-0.15, -0.1) is 0 Å². The number of carbonyl (C=O) groups excluding carboxylic acids is 2. The van der Waals surface area contributed by atoms with Crippen molar-refractivity contribution in [2.45, 2.75) is 37.8 Å². The minimum atomic E-state index is -4.21. The van der Waals surface area contributed by atoms with Gasteiger partial charge in [-0.2, -0.15) is 0 Å². The van der Waals surface area contributed by atoms with Crippen molar-refractivity contribution in [2.24, 2.45) is 5.92 Å². The summed E-state index contributed by atoms with van der Waals surface area (Å²) in [6.07, 6.45) is 0.227. The molecule has 0 aliphatic carbocycles. The summed E-state index contributed by atoms with van der Waals surface area (Å²) in [5.41, 5.74) is 1.83. The monoisotopic (exact) mass is 643 g/mol. The van der Waals surface area contributed by atoms with Crippen LogP contribution in [0.2, 0.25) is 0 Å². The first-order chi connectivity index (χ1) is 22.1. The topological polar surface area (TPSA) is 105 Å². The number of anilines is 1. The molecule has 2 amide bonds. The Kier molecular flexibility index (Phi) is 11.8. The summed E-state index contributed by atoms with van der Waals surface area (Å²) >= 11 is 0. The van der Waals surface area contributed by atoms with E-state index in [4.69, 9.17) is 9.47 Å². The quantitative estimate of drug-likeness (QED) is 0.188. The third-order valence-corrected chi connectivity index (χ3v) is 9.18. The Morgan fingerprint density at radius 3 is 1.98 bits per heavy atom. The minimum absolute atomic E-state index is 0.0282. The van der Waals surface area contributed by atoms with Gasteiger partial charge >= 0.3 is 0 Å². The second-order valence-corrected chi connectivity index (χ2v) is 13.1. The maximum absolute atomic E-state index is 14.6. The Morgan fingerprint density at radius 1 is 0.761 bits per heavy atom. The molecule has 242 valence electrons. The lowest BCUT2D eigenvalue weighted by Gasteiger charge is -2.34. The molecule has 0 saturated heterocycles. The fraction of sp³-hybridized carbons (Fsp3) is 0.278. The van der Waals surface area contributed by atoms with Gasteiger partial charge in [0.05, 0.1) is 24.8 Å². The third kappa shape index (κ3) is 8.88. The molecule has 10 heteroatoms. The molecule has 1 atom stereocenters. The first-order valence-electron chi connectivity index (χ1n) is 15.1. The molecule has 0 spiro atoms. The first-order valence-corrected chi connectivity index (χ1v) is 16.5. The molecule has 1 N–H and O–H groups in total. The first kappa shape index (κ1) is 34.1. The zero-order valence-electron chi connectivity index (χ0n) is 26.6. The van der Waals surface area contributed by atoms with Gasteiger partial charge in [0.2, 0.25) is 11.8 Å². The fourth-order valence-electron chi connectivity index (χ4n) is 4.96. The third-order valence-electron chi connectivity index (χ3n) is 7.39. The van der Waals surface area contributed by atoms with E-state index in [-0.39, 0.29) is 35.4 Å². The average Bonchev–Trinajstić information content (AvgIpc) is 3.08. The van der Waals surface area contributed by atoms with Crippen molar-refractivity contribution in [2.75, 3.05) is 31.6 Å². The molecule has 1 unspecified atom stereocenters. The summed E-state index contributed by atoms with van der Waals surface area (Å²) < 4.78 is 40.1. The summed E-state index contributed by atoms with van der Waals surface area (Å²) in [5, 5.41) is 3.00. The second kappa shape index (κ2) is 15.9. The molecule has 0 aromatic heterocycles. The van der Waals surface area contributed by atoms with Crippen LogP contribution in [-0.2, 0) is 32.6 Å². The summed E-state index contributed by atoms with van der Waals surface area (Å²) in [7, 11) is -1.17. The van der Waals surface area contributed by atoms with Gasteiger partial charge in [-0.05, 0) is 53.4 Å². The highest BCUT2D eigenvalue weighted by Crippen LogP contribution is 2.28. The van der Waals surface area contributed by atoms with E-state index < -0.39 is 28.5 Å². The van der Waals surface area contributed by atoms with Crippen LogP contribution in [0, 0.1) is 5.92 Å². The van der Waals surface area contributed by atoms with Gasteiger partial charge in [-0.25, -0.2) is 8.42 Å². The van der Waals surface area contributed by atoms with E-state index in [1.54, 1.807) is 61.7 Å². The Morgan fingerprint density at radius 2 is 1.35 bits per heavy atom. The molecule has 46 heavy (non-hydrogen) atoms. The predicted molar refractivity (Wildman–Crippen MR) is 179 cm³/mol. The van der Waals surface area contributed by atoms with Crippen molar-refractivity contribution in [3.8, 4) is 11.5 Å². The number of hydrogen-bond donors (Lipinski definition) is 1. The van der Waals surface area contributed by atoms with Crippen LogP contribution in [0.5, 0.6) is 11.5 Å². The van der Waals surface area contributed by atoms with E-state index in [2.05, 4.69) is 5.32 Å². The van der Waals surface area contributed by atoms with Crippen molar-refractivity contribution >= 4 is 27.5 Å². The molecule has 0 aliphatic heterocycles. The molecule has 4 aromatic carbocycles. The normalized spacial score (nSPS) is 11.8. The standard InChI is InChI=1S/C36H41N3O6S/c1-27(2)24-37-36(41)34(22-28-13-7-5-8-14-28)38(25-29-15-11-17-31(21-29)44-3)35(40)26-39(30-16-12-18-32(23-30)45-4)46(42,43)33-19-9-6-10-20-33/h5-21,23,27,34H,22,24-26H2,1-4H3,(H,37,41). The van der Waals surface area contributed by atoms with Crippen LogP contribution in [-0.4, -0.2) is 58.5 Å². The van der Waals surface area contributed by atoms with Crippen LogP contribution in [0.15, 0.2) is 114 Å². The number of amides is 2. The second-order valence-electron chi connectivity index (χ2n) is 11.2. The van der Waals surface area contributed by atoms with Crippen LogP contribution in [0.25, 0.3) is 0 Å². The summed E-state index contributed by atoms with van der Waals surface area (Å²) in [6.45, 7) is 3.89. The zero-order chi connectivity index (χ0) is 33.1. The fourth-order valence-corrected chi connectivity index (χ4v) is 6.39. The molecule has 0 heterocycles. The van der Waals surface area contributed by atoms with Gasteiger partial charge in [0.1, 0.15) is 24.1 Å². The van der Waals surface area contributed by atoms with Crippen molar-refractivity contribution in [3.63, 3.8) is 0 Å². The number of nitrogens with zero attached hydrogens (tertiary/aromatic N) is 2. The number of benzene rings is 4. The molecule has 4 rings (SSSR count). The zero-order valence-corrected chi connectivity index (χ0v) is 27.4. The highest BCUT2D eigenvalue weighted by molar-refractivity contribution is 7.92. The van der Waals surface area contributed by atoms with E-state index >= 15 is 0 Å². The Labute approximate surface area is 271 Å². The molecule has 0 fully saturated rings. The lowest BCUT2D eigenvalue weighted by molar-refractivity contribution is -0.140. The number of sulfonamides is 1. The minimum Gasteiger partial charge on any atom is -0.497 e. The van der Waals surface area contributed by atoms with E-state index in [0.717, 1.165) is 15.4 Å². The highest BCUT2D eigenvalue weighted by Gasteiger charge is 2.34. The number of nitrogens with one attached hydrogen (secondary N) is 1. The molecule has 9 nitrogen and oxygen atoms in total. The molecule has 4 aromatic rings. The van der Waals surface area contributed by atoms with Crippen molar-refractivity contribution in [1.82, 2.24) is 10.2 Å². The van der Waals surface area contributed by atoms with Crippen LogP contribution in [0.1, 0.15) is 25.0 Å². The van der Waals surface area contributed by atoms with Gasteiger partial charge in [-0.1, -0.05) is 80.6 Å². The van der Waals surface area contributed by atoms with Crippen LogP contribution >= 0.6 is 0 Å². The number of ether oxygens (including phenoxy) is 2. The molecule has 0 radical (unpaired) electrons. The van der Waals surface area contributed by atoms with E-state index in [1.165, 1.54) is 24.1 Å². The number of hydrogen-bond acceptors (Lipinski definition) is 6. The smallest absolute Gasteiger partial charge is 0.264 e. The Bertz CT molecular complexity index is 1700. The van der Waals surface area contributed by atoms with Gasteiger partial charge in [0.15, 0.2) is 0 Å². The van der Waals surface area contributed by atoms with Gasteiger partial charge in [0, 0.05) is 25.6 Å². The number of carbonyl (C=O) groups is 2. The molecular formula is C36H41N3O6S. The van der Waals surface area contributed by atoms with Gasteiger partial charge in [0.25, 0.3) is 10.0 Å². The molecular weight excluding hydrogens is 602 g/mol. The Hall–Kier alpha value is -4.83. The lowest BCUT2D eigenvalue weighted by Crippen LogP contribution is -2.53. The van der Waals surface area contributed by atoms with Gasteiger partial charge < -0.3 is 19.7 Å². The van der Waals surface area contributed by atoms with Crippen LogP contribution in [0.3, 0.4) is 0 Å². The largest absolute Gasteiger partial charge is 0.497 e. The maximum atomic E-state index is 14.6. The molecule has 0 bridgehead atoms. The van der Waals surface area contributed by atoms with Crippen molar-refractivity contribution in [3.05, 3.63) is 120 Å². The summed E-state index contributed by atoms with van der Waals surface area (Å²) in [6, 6.07) is 30.2. The molecule has 0 aliphatic rings. The summed E-state index contributed by atoms with van der Waals surface area (Å²) in [4.78, 5) is 30.0. The SMILES string of the molecule is COc1cccc(CN(C(=O)CN(c2cccc(OC)c2)S(=O)(=O)c2ccccc2)C(Cc2ccccc2)C(=O)NCC(C)C)c1. The Balaban J connectivity index is 1.81. The van der Waals surface area contributed by atoms with Crippen molar-refractivity contribution in [1.29, 1.82) is 0 Å². The van der Waals surface area contributed by atoms with Crippen molar-refractivity contribution < 1.29 is 27.5 Å². The lowest BCUT2D eigenvalue weighted by atomic mass is 10.0. The van der Waals surface area contributed by atoms with Crippen LogP contribution < -0.4 is 19.1 Å². The van der Waals surface area contributed by atoms with E-state index in [1.807, 2.05) is 56.3 Å². The average molecular weight is 644 g/mol. The number of methoxy groups -OCH3 is 2. The maximum Gasteiger partial charge on any atom is 0.264 e. The summed E-state index contributed by atoms with van der Waals surface area (Å²) in [5.74, 6) is 0.335. The van der Waals surface area contributed by atoms with E-state index in [9.17, 15) is 18.0 Å².